The van der Waals surface area contributed by atoms with Crippen LogP contribution in [0.3, 0.4) is 0 Å². The van der Waals surface area contributed by atoms with Gasteiger partial charge in [0.05, 0.1) is 87.8 Å². The van der Waals surface area contributed by atoms with E-state index in [-0.39, 0.29) is 12.4 Å². The summed E-state index contributed by atoms with van der Waals surface area (Å²) in [6, 6.07) is 75.9. The summed E-state index contributed by atoms with van der Waals surface area (Å²) in [4.78, 5) is 49.6. The number of rotatable bonds is 24. The maximum atomic E-state index is 13.3. The molecule has 0 aliphatic carbocycles. The molecule has 2 fully saturated rings. The van der Waals surface area contributed by atoms with Crippen molar-refractivity contribution in [1.29, 1.82) is 5.26 Å². The lowest BCUT2D eigenvalue weighted by molar-refractivity contribution is -0.137. The number of nitrogens with zero attached hydrogens (tertiary/aromatic N) is 12. The van der Waals surface area contributed by atoms with Gasteiger partial charge in [0.2, 0.25) is 0 Å². The fourth-order valence-electron chi connectivity index (χ4n) is 17.2. The summed E-state index contributed by atoms with van der Waals surface area (Å²) < 4.78 is 45.4. The van der Waals surface area contributed by atoms with Gasteiger partial charge in [-0.1, -0.05) is 152 Å². The van der Waals surface area contributed by atoms with Gasteiger partial charge in [0, 0.05) is 146 Å². The van der Waals surface area contributed by atoms with Crippen molar-refractivity contribution in [2.24, 2.45) is 17.8 Å². The van der Waals surface area contributed by atoms with Crippen molar-refractivity contribution in [2.45, 2.75) is 114 Å². The Morgan fingerprint density at radius 2 is 0.862 bits per heavy atom. The number of ether oxygens (including phenoxy) is 1. The van der Waals surface area contributed by atoms with E-state index in [0.717, 1.165) is 135 Å². The molecule has 17 rings (SSSR count). The van der Waals surface area contributed by atoms with Crippen LogP contribution in [-0.4, -0.2) is 208 Å². The minimum Gasteiger partial charge on any atom is -0.497 e. The van der Waals surface area contributed by atoms with Crippen molar-refractivity contribution in [3.05, 3.63) is 235 Å². The number of benzene rings is 10. The van der Waals surface area contributed by atoms with E-state index in [1.54, 1.807) is 43.6 Å². The second-order valence-corrected chi connectivity index (χ2v) is 39.0. The van der Waals surface area contributed by atoms with E-state index < -0.39 is 11.7 Å². The third-order valence-electron chi connectivity index (χ3n) is 22.9. The van der Waals surface area contributed by atoms with Crippen molar-refractivity contribution in [3.8, 4) is 11.8 Å². The van der Waals surface area contributed by atoms with Crippen LogP contribution in [0.4, 0.5) is 70.0 Å². The number of carbonyl (C=O) groups is 1. The highest BCUT2D eigenvalue weighted by molar-refractivity contribution is 8.00. The van der Waals surface area contributed by atoms with Crippen molar-refractivity contribution < 1.29 is 27.8 Å². The van der Waals surface area contributed by atoms with Crippen LogP contribution in [0, 0.1) is 29.1 Å². The summed E-state index contributed by atoms with van der Waals surface area (Å²) in [6.07, 6.45) is 2.99. The number of fused-ring (bicyclic) bond motifs is 10. The normalized spacial score (nSPS) is 16.1. The van der Waals surface area contributed by atoms with E-state index in [4.69, 9.17) is 9.84 Å². The molecule has 0 bridgehead atoms. The van der Waals surface area contributed by atoms with Gasteiger partial charge in [0.1, 0.15) is 5.75 Å². The number of methoxy groups -OCH3 is 1. The van der Waals surface area contributed by atoms with Gasteiger partial charge in [-0.2, -0.15) is 18.4 Å². The molecule has 10 aromatic rings. The van der Waals surface area contributed by atoms with Crippen LogP contribution in [0.25, 0.3) is 0 Å². The van der Waals surface area contributed by atoms with Crippen LogP contribution in [0.2, 0.25) is 0 Å². The zero-order valence-corrected chi connectivity index (χ0v) is 77.2. The molecule has 0 spiro atoms. The molecule has 3 unspecified atom stereocenters. The fourth-order valence-corrected chi connectivity index (χ4v) is 22.6. The van der Waals surface area contributed by atoms with Crippen LogP contribution < -0.4 is 29.2 Å². The summed E-state index contributed by atoms with van der Waals surface area (Å²) in [5.41, 5.74) is 12.6. The number of hydrogen-bond acceptors (Lipinski definition) is 20. The molecule has 648 valence electrons. The summed E-state index contributed by atoms with van der Waals surface area (Å²) in [5, 5.41) is 18.3. The maximum absolute atomic E-state index is 13.3. The molecule has 7 heterocycles. The number of aliphatic hydroxyl groups excluding tert-OH is 1. The number of carbonyl (C=O) groups excluding carboxylic acids is 1. The molecule has 3 atom stereocenters. The lowest BCUT2D eigenvalue weighted by Crippen LogP contribution is -2.47. The number of hydrogen-bond donors (Lipinski definition) is 1. The molecule has 10 aromatic carbocycles. The second-order valence-electron chi connectivity index (χ2n) is 33.6. The van der Waals surface area contributed by atoms with Gasteiger partial charge in [0.25, 0.3) is 0 Å². The number of likely N-dealkylation sites (tertiary alicyclic amines) is 1. The molecule has 15 nitrogen and oxygen atoms in total. The highest BCUT2D eigenvalue weighted by Crippen LogP contribution is 2.54. The van der Waals surface area contributed by atoms with E-state index in [1.165, 1.54) is 136 Å². The number of para-hydroxylation sites is 6. The Labute approximate surface area is 749 Å². The molecule has 23 heteroatoms. The van der Waals surface area contributed by atoms with Gasteiger partial charge >= 0.3 is 6.18 Å². The van der Waals surface area contributed by atoms with Crippen molar-refractivity contribution in [2.75, 3.05) is 192 Å². The SMILES string of the molecule is CC(=O)c1ccc2c(c1)N(CCCN(C)C)c1ccccc1S2.CC(CN(C)C)CN1c2ccccc2Sc2ccc(C#N)cc21.CN1CCCC(CCCN2c3ccccc3Sc3ccccc32)C1.COc1ccc2c(c1)N(CC(C)CN(C)C)c1ccccc1S2.OCCN1CCN(CCCN2c3ccccc3Sc3ccc(C(F)(F)F)cc32)CC1. The number of piperazine rings is 1. The first-order valence-electron chi connectivity index (χ1n) is 43.1. The molecular formula is C100H119F3N12O3S5. The Kier molecular flexibility index (Phi) is 33.0. The van der Waals surface area contributed by atoms with Gasteiger partial charge in [-0.25, -0.2) is 0 Å². The van der Waals surface area contributed by atoms with E-state index in [9.17, 15) is 23.2 Å². The summed E-state index contributed by atoms with van der Waals surface area (Å²) >= 11 is 8.83. The standard InChI is InChI=1S/C22H26F3N3OS.C21H26N2S.C19H21N3S.C19H24N2OS.C19H22N2OS/c23-22(24,25)17-6-7-21-19(16-17)28(18-4-1-2-5-20(18)30-21)9-3-8-26-10-12-27(13-11-26)14-15-29;1-22-14-6-8-17(16-22)9-7-15-23-18-10-2-4-12-20(18)24-21-13-5-3-11-19(21)23;1-14(12-21(2)3)13-22-16-6-4-5-7-18(16)23-19-9-8-15(11-20)10-17(19)22;1-14(12-20(2)3)13-21-16-7-5-6-8-18(16)23-19-10-9-15(22-4)11-17(19)21;1-14(22)15-9-10-19-17(13-15)21(12-6-11-20(2)3)16-7-4-5-8-18(16)23-19/h1-2,4-7,16,29H,3,8-15H2;2-5,10-13,17H,6-9,14-16H2,1H3;4-10,14H,12-13H2,1-3H3;5-11,14H,12-13H2,1-4H3;4-5,7-10,13H,6,11-12H2,1-3H3. The second kappa shape index (κ2) is 44.0. The predicted octanol–water partition coefficient (Wildman–Crippen LogP) is 23.0. The van der Waals surface area contributed by atoms with Crippen LogP contribution in [0.5, 0.6) is 5.75 Å². The number of alkyl halides is 3. The largest absolute Gasteiger partial charge is 0.497 e. The van der Waals surface area contributed by atoms with Gasteiger partial charge in [0.15, 0.2) is 5.78 Å². The zero-order valence-electron chi connectivity index (χ0n) is 73.1. The molecule has 7 aliphatic heterocycles. The van der Waals surface area contributed by atoms with Crippen LogP contribution in [0.1, 0.15) is 80.8 Å². The minimum absolute atomic E-state index is 0.116. The maximum Gasteiger partial charge on any atom is 0.416 e. The number of β-amino-alcohol motifs (C(OH)–C–C–N with tert-alkyl or cyclic N) is 1. The number of anilines is 10. The Morgan fingerprint density at radius 3 is 1.29 bits per heavy atom. The number of halogens is 3. The fraction of sp³-hybridized carbons (Fsp3) is 0.380. The molecule has 123 heavy (non-hydrogen) atoms. The van der Waals surface area contributed by atoms with Gasteiger partial charge in [-0.3, -0.25) is 9.69 Å². The quantitative estimate of drug-likeness (QED) is 0.0580. The number of ketones is 1. The third kappa shape index (κ3) is 24.4. The Morgan fingerprint density at radius 1 is 0.472 bits per heavy atom. The Hall–Kier alpha value is -8.58. The molecule has 0 radical (unpaired) electrons. The smallest absolute Gasteiger partial charge is 0.416 e. The lowest BCUT2D eigenvalue weighted by Gasteiger charge is -2.36. The highest BCUT2D eigenvalue weighted by Gasteiger charge is 2.35. The Bertz CT molecular complexity index is 5170. The van der Waals surface area contributed by atoms with Gasteiger partial charge < -0.3 is 58.8 Å². The first-order chi connectivity index (χ1) is 59.5. The predicted molar refractivity (Wildman–Crippen MR) is 509 cm³/mol. The number of aliphatic hydroxyl groups is 1. The van der Waals surface area contributed by atoms with E-state index in [0.29, 0.717) is 36.2 Å². The summed E-state index contributed by atoms with van der Waals surface area (Å²) in [5.74, 6) is 3.01. The monoisotopic (exact) mass is 1750 g/mol. The summed E-state index contributed by atoms with van der Waals surface area (Å²) in [7, 11) is 16.7. The number of Topliss-reactive ketones (excluding diaryl/α,β-unsaturated/α-hetero) is 1. The van der Waals surface area contributed by atoms with Gasteiger partial charge in [-0.05, 0) is 266 Å². The average Bonchev–Trinajstić information content (AvgIpc) is 0.854. The molecular weight excluding hydrogens is 1630 g/mol. The lowest BCUT2D eigenvalue weighted by atomic mass is 9.93. The highest BCUT2D eigenvalue weighted by atomic mass is 32.2. The van der Waals surface area contributed by atoms with Crippen molar-refractivity contribution in [1.82, 2.24) is 29.4 Å². The van der Waals surface area contributed by atoms with Crippen LogP contribution in [-0.2, 0) is 6.18 Å². The molecule has 0 saturated carbocycles. The molecule has 2 saturated heterocycles. The minimum atomic E-state index is -4.35. The number of piperidine rings is 1. The third-order valence-corrected chi connectivity index (χ3v) is 28.5. The zero-order chi connectivity index (χ0) is 86.7. The van der Waals surface area contributed by atoms with Crippen molar-refractivity contribution in [3.63, 3.8) is 0 Å². The molecule has 0 aromatic heterocycles. The van der Waals surface area contributed by atoms with Crippen LogP contribution >= 0.6 is 58.8 Å². The van der Waals surface area contributed by atoms with E-state index in [2.05, 4.69) is 264 Å². The van der Waals surface area contributed by atoms with Gasteiger partial charge in [-0.15, -0.1) is 0 Å². The summed E-state index contributed by atoms with van der Waals surface area (Å²) in [6.45, 7) is 22.2. The van der Waals surface area contributed by atoms with Crippen molar-refractivity contribution >= 4 is 121 Å². The first-order valence-corrected chi connectivity index (χ1v) is 47.2. The topological polar surface area (TPSA) is 106 Å². The van der Waals surface area contributed by atoms with E-state index in [1.807, 2.05) is 83.0 Å². The average molecular weight is 1750 g/mol. The van der Waals surface area contributed by atoms with Crippen LogP contribution in [0.15, 0.2) is 267 Å². The van der Waals surface area contributed by atoms with E-state index >= 15 is 0 Å². The molecule has 1 N–H and O–H groups in total. The number of nitriles is 1. The molecule has 0 amide bonds. The Balaban J connectivity index is 0.000000133. The first kappa shape index (κ1) is 92.1. The molecule has 7 aliphatic rings.